The molecule has 6 aromatic rings. The molecule has 0 saturated heterocycles. The molecule has 166 valence electrons. The van der Waals surface area contributed by atoms with Gasteiger partial charge < -0.3 is 0 Å². The summed E-state index contributed by atoms with van der Waals surface area (Å²) in [6, 6.07) is 31.4. The van der Waals surface area contributed by atoms with Crippen molar-refractivity contribution in [3.05, 3.63) is 113 Å². The van der Waals surface area contributed by atoms with Crippen LogP contribution in [0.4, 0.5) is 0 Å². The van der Waals surface area contributed by atoms with Gasteiger partial charge in [0.05, 0.1) is 40.5 Å². The molecular weight excluding hydrogens is 434 g/mol. The first-order valence-corrected chi connectivity index (χ1v) is 11.2. The van der Waals surface area contributed by atoms with Gasteiger partial charge in [-0.2, -0.15) is 9.78 Å². The maximum Gasteiger partial charge on any atom is 0.280 e. The third-order valence-corrected chi connectivity index (χ3v) is 6.12. The van der Waals surface area contributed by atoms with Crippen molar-refractivity contribution >= 4 is 16.6 Å². The molecular formula is C29H19N5O. The molecule has 35 heavy (non-hydrogen) atoms. The Morgan fingerprint density at radius 3 is 2.31 bits per heavy atom. The van der Waals surface area contributed by atoms with Gasteiger partial charge in [0, 0.05) is 17.1 Å². The van der Waals surface area contributed by atoms with Gasteiger partial charge in [0.2, 0.25) is 0 Å². The summed E-state index contributed by atoms with van der Waals surface area (Å²) < 4.78 is 1.49. The van der Waals surface area contributed by atoms with E-state index in [4.69, 9.17) is 4.98 Å². The lowest BCUT2D eigenvalue weighted by molar-refractivity contribution is 0.891. The highest BCUT2D eigenvalue weighted by atomic mass is 16.1. The largest absolute Gasteiger partial charge is 0.288 e. The van der Waals surface area contributed by atoms with Crippen molar-refractivity contribution in [2.24, 2.45) is 0 Å². The van der Waals surface area contributed by atoms with Crippen molar-refractivity contribution in [1.29, 1.82) is 5.26 Å². The predicted octanol–water partition coefficient (Wildman–Crippen LogP) is 5.64. The van der Waals surface area contributed by atoms with Crippen molar-refractivity contribution in [3.63, 3.8) is 0 Å². The molecule has 0 aliphatic rings. The van der Waals surface area contributed by atoms with Crippen molar-refractivity contribution in [2.45, 2.75) is 6.42 Å². The lowest BCUT2D eigenvalue weighted by Crippen LogP contribution is -2.20. The number of nitrogens with zero attached hydrogens (tertiary/aromatic N) is 4. The van der Waals surface area contributed by atoms with Gasteiger partial charge in [-0.25, -0.2) is 4.98 Å². The summed E-state index contributed by atoms with van der Waals surface area (Å²) in [4.78, 5) is 23.2. The van der Waals surface area contributed by atoms with Crippen LogP contribution < -0.4 is 5.56 Å². The number of fused-ring (bicyclic) bond motifs is 2. The molecule has 0 aliphatic carbocycles. The fourth-order valence-corrected chi connectivity index (χ4v) is 4.53. The smallest absolute Gasteiger partial charge is 0.280 e. The van der Waals surface area contributed by atoms with Gasteiger partial charge in [-0.1, -0.05) is 72.8 Å². The van der Waals surface area contributed by atoms with E-state index in [2.05, 4.69) is 16.2 Å². The SMILES string of the molecule is N#CCc1nc2c(-c3ccccc3)c(-c3ccccc3)[nH]n2c(=O)c1-c1ccc2ncccc2c1. The molecule has 6 nitrogen and oxygen atoms in total. The van der Waals surface area contributed by atoms with E-state index in [1.54, 1.807) is 6.20 Å². The summed E-state index contributed by atoms with van der Waals surface area (Å²) in [5.74, 6) is 0. The second-order valence-corrected chi connectivity index (χ2v) is 8.24. The number of nitrogens with one attached hydrogen (secondary N) is 1. The highest BCUT2D eigenvalue weighted by molar-refractivity contribution is 5.91. The minimum atomic E-state index is -0.247. The summed E-state index contributed by atoms with van der Waals surface area (Å²) in [5.41, 5.74) is 6.16. The maximum absolute atomic E-state index is 14.0. The molecule has 1 N–H and O–H groups in total. The van der Waals surface area contributed by atoms with Gasteiger partial charge in [-0.3, -0.25) is 14.9 Å². The van der Waals surface area contributed by atoms with E-state index in [0.29, 0.717) is 22.5 Å². The van der Waals surface area contributed by atoms with Gasteiger partial charge in [-0.05, 0) is 29.3 Å². The molecule has 3 aromatic carbocycles. The molecule has 3 heterocycles. The zero-order valence-corrected chi connectivity index (χ0v) is 18.6. The number of H-pyrrole nitrogens is 1. The highest BCUT2D eigenvalue weighted by Gasteiger charge is 2.22. The Labute approximate surface area is 200 Å². The summed E-state index contributed by atoms with van der Waals surface area (Å²) >= 11 is 0. The van der Waals surface area contributed by atoms with Crippen LogP contribution in [0.25, 0.3) is 50.1 Å². The van der Waals surface area contributed by atoms with E-state index >= 15 is 0 Å². The van der Waals surface area contributed by atoms with Crippen molar-refractivity contribution < 1.29 is 0 Å². The molecule has 0 unspecified atom stereocenters. The van der Waals surface area contributed by atoms with Crippen molar-refractivity contribution in [2.75, 3.05) is 0 Å². The summed E-state index contributed by atoms with van der Waals surface area (Å²) in [6.45, 7) is 0. The quantitative estimate of drug-likeness (QED) is 0.374. The fraction of sp³-hybridized carbons (Fsp3) is 0.0345. The van der Waals surface area contributed by atoms with Crippen LogP contribution in [0.2, 0.25) is 0 Å². The lowest BCUT2D eigenvalue weighted by atomic mass is 10.00. The summed E-state index contributed by atoms with van der Waals surface area (Å²) in [7, 11) is 0. The fourth-order valence-electron chi connectivity index (χ4n) is 4.53. The highest BCUT2D eigenvalue weighted by Crippen LogP contribution is 2.35. The van der Waals surface area contributed by atoms with Crippen LogP contribution in [-0.4, -0.2) is 19.6 Å². The maximum atomic E-state index is 14.0. The van der Waals surface area contributed by atoms with E-state index in [-0.39, 0.29) is 12.0 Å². The summed E-state index contributed by atoms with van der Waals surface area (Å²) in [6.07, 6.45) is 1.76. The Kier molecular flexibility index (Phi) is 4.94. The molecule has 0 amide bonds. The monoisotopic (exact) mass is 453 g/mol. The predicted molar refractivity (Wildman–Crippen MR) is 137 cm³/mol. The molecule has 0 saturated carbocycles. The minimum absolute atomic E-state index is 0.0201. The number of hydrogen-bond acceptors (Lipinski definition) is 4. The molecule has 0 radical (unpaired) electrons. The molecule has 0 aliphatic heterocycles. The van der Waals surface area contributed by atoms with Crippen LogP contribution in [0.15, 0.2) is 102 Å². The zero-order valence-electron chi connectivity index (χ0n) is 18.6. The van der Waals surface area contributed by atoms with Crippen LogP contribution in [0.5, 0.6) is 0 Å². The summed E-state index contributed by atoms with van der Waals surface area (Å²) in [5, 5.41) is 13.8. The number of aromatic amines is 1. The molecule has 0 fully saturated rings. The number of benzene rings is 3. The first-order valence-electron chi connectivity index (χ1n) is 11.2. The van der Waals surface area contributed by atoms with Crippen molar-refractivity contribution in [3.8, 4) is 39.6 Å². The van der Waals surface area contributed by atoms with Crippen LogP contribution in [-0.2, 0) is 6.42 Å². The zero-order chi connectivity index (χ0) is 23.8. The van der Waals surface area contributed by atoms with Gasteiger partial charge in [0.25, 0.3) is 5.56 Å². The number of rotatable bonds is 4. The third-order valence-electron chi connectivity index (χ3n) is 6.12. The van der Waals surface area contributed by atoms with E-state index in [1.165, 1.54) is 4.52 Å². The second-order valence-electron chi connectivity index (χ2n) is 8.24. The Morgan fingerprint density at radius 2 is 1.57 bits per heavy atom. The van der Waals surface area contributed by atoms with Gasteiger partial charge in [-0.15, -0.1) is 0 Å². The average molecular weight is 454 g/mol. The van der Waals surface area contributed by atoms with Crippen LogP contribution >= 0.6 is 0 Å². The average Bonchev–Trinajstić information content (AvgIpc) is 3.30. The van der Waals surface area contributed by atoms with Crippen molar-refractivity contribution in [1.82, 2.24) is 19.6 Å². The first-order chi connectivity index (χ1) is 17.2. The van der Waals surface area contributed by atoms with E-state index in [1.807, 2.05) is 91.0 Å². The third kappa shape index (κ3) is 3.47. The molecule has 3 aromatic heterocycles. The Bertz CT molecular complexity index is 1790. The normalized spacial score (nSPS) is 11.1. The standard InChI is InChI=1S/C29H19N5O/c30-16-15-24-25(22-13-14-23-21(18-22)12-7-17-31-23)29(35)34-28(32-24)26(19-8-3-1-4-9-19)27(33-34)20-10-5-2-6-11-20/h1-14,17-18,33H,15H2. The van der Waals surface area contributed by atoms with E-state index in [0.717, 1.165) is 33.3 Å². The van der Waals surface area contributed by atoms with Gasteiger partial charge in [0.15, 0.2) is 5.65 Å². The Balaban J connectivity index is 1.70. The van der Waals surface area contributed by atoms with Gasteiger partial charge >= 0.3 is 0 Å². The number of nitriles is 1. The number of hydrogen-bond donors (Lipinski definition) is 1. The molecule has 6 rings (SSSR count). The Morgan fingerprint density at radius 1 is 0.829 bits per heavy atom. The van der Waals surface area contributed by atoms with Crippen LogP contribution in [0.1, 0.15) is 5.69 Å². The second kappa shape index (κ2) is 8.40. The topological polar surface area (TPSA) is 86.8 Å². The van der Waals surface area contributed by atoms with Gasteiger partial charge in [0.1, 0.15) is 0 Å². The first kappa shape index (κ1) is 20.6. The molecule has 0 spiro atoms. The van der Waals surface area contributed by atoms with Crippen LogP contribution in [0, 0.1) is 11.3 Å². The lowest BCUT2D eigenvalue weighted by Gasteiger charge is -2.09. The molecule has 6 heteroatoms. The Hall–Kier alpha value is -5.02. The van der Waals surface area contributed by atoms with E-state index in [9.17, 15) is 10.1 Å². The van der Waals surface area contributed by atoms with E-state index < -0.39 is 0 Å². The molecule has 0 bridgehead atoms. The molecule has 0 atom stereocenters. The number of pyridine rings is 1. The van der Waals surface area contributed by atoms with Crippen LogP contribution in [0.3, 0.4) is 0 Å². The minimum Gasteiger partial charge on any atom is -0.288 e. The number of aromatic nitrogens is 4.